The van der Waals surface area contributed by atoms with Gasteiger partial charge in [-0.2, -0.15) is 0 Å². The van der Waals surface area contributed by atoms with Crippen LogP contribution in [0, 0.1) is 0 Å². The van der Waals surface area contributed by atoms with Crippen molar-refractivity contribution in [2.75, 3.05) is 6.61 Å². The van der Waals surface area contributed by atoms with Gasteiger partial charge >= 0.3 is 0 Å². The SMILES string of the molecule is CC(C)c1cccc2c1OCCC2N. The minimum absolute atomic E-state index is 0.150. The van der Waals surface area contributed by atoms with Gasteiger partial charge in [-0.25, -0.2) is 0 Å². The zero-order valence-electron chi connectivity index (χ0n) is 8.79. The van der Waals surface area contributed by atoms with Gasteiger partial charge < -0.3 is 10.5 Å². The lowest BCUT2D eigenvalue weighted by molar-refractivity contribution is 0.265. The molecule has 2 nitrogen and oxygen atoms in total. The number of benzene rings is 1. The van der Waals surface area contributed by atoms with Crippen LogP contribution in [0.25, 0.3) is 0 Å². The van der Waals surface area contributed by atoms with Crippen LogP contribution >= 0.6 is 0 Å². The van der Waals surface area contributed by atoms with Gasteiger partial charge in [0.15, 0.2) is 0 Å². The third-order valence-electron chi connectivity index (χ3n) is 2.77. The standard InChI is InChI=1S/C12H17NO/c1-8(2)9-4-3-5-10-11(13)6-7-14-12(9)10/h3-5,8,11H,6-7,13H2,1-2H3. The van der Waals surface area contributed by atoms with Crippen molar-refractivity contribution in [1.29, 1.82) is 0 Å². The van der Waals surface area contributed by atoms with Crippen molar-refractivity contribution in [2.24, 2.45) is 5.73 Å². The predicted molar refractivity (Wildman–Crippen MR) is 57.6 cm³/mol. The van der Waals surface area contributed by atoms with E-state index in [9.17, 15) is 0 Å². The molecule has 0 aromatic heterocycles. The van der Waals surface area contributed by atoms with Crippen LogP contribution in [0.5, 0.6) is 5.75 Å². The van der Waals surface area contributed by atoms with Crippen LogP contribution in [0.4, 0.5) is 0 Å². The molecule has 0 saturated heterocycles. The van der Waals surface area contributed by atoms with Gasteiger partial charge in [0.25, 0.3) is 0 Å². The molecule has 2 rings (SSSR count). The van der Waals surface area contributed by atoms with Crippen molar-refractivity contribution in [3.8, 4) is 5.75 Å². The van der Waals surface area contributed by atoms with Crippen molar-refractivity contribution >= 4 is 0 Å². The first-order valence-corrected chi connectivity index (χ1v) is 5.21. The Hall–Kier alpha value is -1.02. The van der Waals surface area contributed by atoms with Crippen molar-refractivity contribution in [3.63, 3.8) is 0 Å². The third-order valence-corrected chi connectivity index (χ3v) is 2.77. The topological polar surface area (TPSA) is 35.2 Å². The minimum Gasteiger partial charge on any atom is -0.493 e. The lowest BCUT2D eigenvalue weighted by atomic mass is 9.93. The molecular formula is C12H17NO. The molecule has 1 heterocycles. The highest BCUT2D eigenvalue weighted by atomic mass is 16.5. The Bertz CT molecular complexity index is 319. The summed E-state index contributed by atoms with van der Waals surface area (Å²) in [5, 5.41) is 0. The van der Waals surface area contributed by atoms with E-state index in [0.717, 1.165) is 18.8 Å². The predicted octanol–water partition coefficient (Wildman–Crippen LogP) is 2.59. The zero-order valence-corrected chi connectivity index (χ0v) is 8.79. The molecule has 1 unspecified atom stereocenters. The van der Waals surface area contributed by atoms with Gasteiger partial charge in [0.05, 0.1) is 6.61 Å². The van der Waals surface area contributed by atoms with Crippen molar-refractivity contribution in [3.05, 3.63) is 29.3 Å². The van der Waals surface area contributed by atoms with Gasteiger partial charge in [-0.1, -0.05) is 32.0 Å². The first-order valence-electron chi connectivity index (χ1n) is 5.21. The van der Waals surface area contributed by atoms with Gasteiger partial charge in [0.2, 0.25) is 0 Å². The molecule has 0 bridgehead atoms. The normalized spacial score (nSPS) is 20.4. The van der Waals surface area contributed by atoms with Gasteiger partial charge in [0.1, 0.15) is 5.75 Å². The van der Waals surface area contributed by atoms with E-state index in [1.54, 1.807) is 0 Å². The zero-order chi connectivity index (χ0) is 10.1. The Balaban J connectivity index is 2.49. The fourth-order valence-corrected chi connectivity index (χ4v) is 1.93. The Morgan fingerprint density at radius 2 is 2.21 bits per heavy atom. The van der Waals surface area contributed by atoms with Gasteiger partial charge in [-0.05, 0) is 11.5 Å². The highest BCUT2D eigenvalue weighted by Gasteiger charge is 2.21. The summed E-state index contributed by atoms with van der Waals surface area (Å²) in [6.07, 6.45) is 0.925. The van der Waals surface area contributed by atoms with Crippen molar-refractivity contribution in [2.45, 2.75) is 32.2 Å². The fourth-order valence-electron chi connectivity index (χ4n) is 1.93. The molecule has 14 heavy (non-hydrogen) atoms. The van der Waals surface area contributed by atoms with Gasteiger partial charge in [0, 0.05) is 18.0 Å². The molecule has 1 aromatic carbocycles. The molecule has 2 N–H and O–H groups in total. The van der Waals surface area contributed by atoms with E-state index >= 15 is 0 Å². The van der Waals surface area contributed by atoms with Crippen LogP contribution in [0.2, 0.25) is 0 Å². The van der Waals surface area contributed by atoms with Gasteiger partial charge in [-0.3, -0.25) is 0 Å². The number of rotatable bonds is 1. The summed E-state index contributed by atoms with van der Waals surface area (Å²) in [4.78, 5) is 0. The van der Waals surface area contributed by atoms with Crippen LogP contribution in [-0.4, -0.2) is 6.61 Å². The molecule has 1 atom stereocenters. The number of hydrogen-bond acceptors (Lipinski definition) is 2. The van der Waals surface area contributed by atoms with Crippen LogP contribution < -0.4 is 10.5 Å². The Kier molecular flexibility index (Phi) is 2.46. The highest BCUT2D eigenvalue weighted by molar-refractivity contribution is 5.45. The average molecular weight is 191 g/mol. The van der Waals surface area contributed by atoms with Crippen LogP contribution in [0.1, 0.15) is 43.4 Å². The quantitative estimate of drug-likeness (QED) is 0.740. The number of ether oxygens (including phenoxy) is 1. The second-order valence-corrected chi connectivity index (χ2v) is 4.16. The molecule has 0 spiro atoms. The maximum Gasteiger partial charge on any atom is 0.127 e. The van der Waals surface area contributed by atoms with Crippen molar-refractivity contribution in [1.82, 2.24) is 0 Å². The summed E-state index contributed by atoms with van der Waals surface area (Å²) in [7, 11) is 0. The molecule has 0 aliphatic carbocycles. The average Bonchev–Trinajstić information content (AvgIpc) is 2.17. The van der Waals surface area contributed by atoms with E-state index in [-0.39, 0.29) is 6.04 Å². The third kappa shape index (κ3) is 1.50. The fraction of sp³-hybridized carbons (Fsp3) is 0.500. The lowest BCUT2D eigenvalue weighted by Gasteiger charge is -2.26. The number of nitrogens with two attached hydrogens (primary N) is 1. The van der Waals surface area contributed by atoms with E-state index in [1.165, 1.54) is 11.1 Å². The van der Waals surface area contributed by atoms with E-state index in [2.05, 4.69) is 32.0 Å². The molecule has 1 aliphatic rings. The highest BCUT2D eigenvalue weighted by Crippen LogP contribution is 2.36. The Morgan fingerprint density at radius 1 is 1.43 bits per heavy atom. The maximum atomic E-state index is 6.04. The van der Waals surface area contributed by atoms with Gasteiger partial charge in [-0.15, -0.1) is 0 Å². The summed E-state index contributed by atoms with van der Waals surface area (Å²) >= 11 is 0. The molecule has 0 saturated carbocycles. The number of fused-ring (bicyclic) bond motifs is 1. The lowest BCUT2D eigenvalue weighted by Crippen LogP contribution is -2.21. The van der Waals surface area contributed by atoms with E-state index in [0.29, 0.717) is 5.92 Å². The monoisotopic (exact) mass is 191 g/mol. The second kappa shape index (κ2) is 3.62. The summed E-state index contributed by atoms with van der Waals surface area (Å²) in [5.74, 6) is 1.52. The van der Waals surface area contributed by atoms with Crippen LogP contribution in [0.15, 0.2) is 18.2 Å². The maximum absolute atomic E-state index is 6.04. The Morgan fingerprint density at radius 3 is 2.93 bits per heavy atom. The summed E-state index contributed by atoms with van der Waals surface area (Å²) < 4.78 is 5.71. The second-order valence-electron chi connectivity index (χ2n) is 4.16. The summed E-state index contributed by atoms with van der Waals surface area (Å²) in [5.41, 5.74) is 8.48. The summed E-state index contributed by atoms with van der Waals surface area (Å²) in [6.45, 7) is 5.11. The largest absolute Gasteiger partial charge is 0.493 e. The molecule has 0 radical (unpaired) electrons. The molecule has 1 aromatic rings. The Labute approximate surface area is 85.1 Å². The van der Waals surface area contributed by atoms with Crippen LogP contribution in [-0.2, 0) is 0 Å². The minimum atomic E-state index is 0.150. The van der Waals surface area contributed by atoms with E-state index < -0.39 is 0 Å². The molecule has 0 fully saturated rings. The first-order chi connectivity index (χ1) is 6.70. The molecular weight excluding hydrogens is 174 g/mol. The molecule has 76 valence electrons. The molecule has 2 heteroatoms. The first kappa shape index (κ1) is 9.53. The number of para-hydroxylation sites is 1. The van der Waals surface area contributed by atoms with Crippen molar-refractivity contribution < 1.29 is 4.74 Å². The molecule has 1 aliphatic heterocycles. The number of hydrogen-bond donors (Lipinski definition) is 1. The molecule has 0 amide bonds. The smallest absolute Gasteiger partial charge is 0.127 e. The van der Waals surface area contributed by atoms with E-state index in [4.69, 9.17) is 10.5 Å². The van der Waals surface area contributed by atoms with E-state index in [1.807, 2.05) is 0 Å². The summed E-state index contributed by atoms with van der Waals surface area (Å²) in [6, 6.07) is 6.42. The van der Waals surface area contributed by atoms with Crippen LogP contribution in [0.3, 0.4) is 0 Å².